The molecular formula is C14H16Br2N2OS. The van der Waals surface area contributed by atoms with Gasteiger partial charge in [-0.3, -0.25) is 0 Å². The molecule has 0 aliphatic heterocycles. The van der Waals surface area contributed by atoms with E-state index >= 15 is 0 Å². The summed E-state index contributed by atoms with van der Waals surface area (Å²) in [6.07, 6.45) is 1.14. The molecule has 0 spiro atoms. The average molecular weight is 420 g/mol. The fraction of sp³-hybridized carbons (Fsp3) is 0.357. The van der Waals surface area contributed by atoms with Gasteiger partial charge in [0.15, 0.2) is 0 Å². The smallest absolute Gasteiger partial charge is 0.148 e. The van der Waals surface area contributed by atoms with E-state index < -0.39 is 0 Å². The highest BCUT2D eigenvalue weighted by Gasteiger charge is 2.09. The first-order valence-corrected chi connectivity index (χ1v) is 8.92. The number of rotatable bonds is 7. The van der Waals surface area contributed by atoms with Crippen molar-refractivity contribution < 1.29 is 4.74 Å². The summed E-state index contributed by atoms with van der Waals surface area (Å²) in [6, 6.07) is 4.17. The molecule has 0 aliphatic rings. The van der Waals surface area contributed by atoms with Gasteiger partial charge in [0.2, 0.25) is 0 Å². The monoisotopic (exact) mass is 418 g/mol. The van der Waals surface area contributed by atoms with Crippen LogP contribution in [0.15, 0.2) is 32.0 Å². The third-order valence-corrected chi connectivity index (χ3v) is 4.48. The van der Waals surface area contributed by atoms with E-state index in [0.29, 0.717) is 6.61 Å². The zero-order valence-electron chi connectivity index (χ0n) is 11.2. The molecule has 1 aromatic heterocycles. The Bertz CT molecular complexity index is 523. The van der Waals surface area contributed by atoms with E-state index in [2.05, 4.69) is 61.2 Å². The first kappa shape index (κ1) is 15.9. The van der Waals surface area contributed by atoms with Gasteiger partial charge in [0.1, 0.15) is 12.4 Å². The van der Waals surface area contributed by atoms with E-state index in [0.717, 1.165) is 39.9 Å². The topological polar surface area (TPSA) is 34.1 Å². The van der Waals surface area contributed by atoms with E-state index in [-0.39, 0.29) is 0 Å². The van der Waals surface area contributed by atoms with Crippen LogP contribution in [0.25, 0.3) is 0 Å². The minimum atomic E-state index is 0.480. The molecule has 3 nitrogen and oxygen atoms in total. The lowest BCUT2D eigenvalue weighted by Gasteiger charge is -2.12. The number of nitrogens with one attached hydrogen (secondary N) is 1. The predicted molar refractivity (Wildman–Crippen MR) is 90.3 cm³/mol. The predicted octanol–water partition coefficient (Wildman–Crippen LogP) is 4.75. The van der Waals surface area contributed by atoms with Crippen LogP contribution in [0.3, 0.4) is 0 Å². The van der Waals surface area contributed by atoms with Crippen molar-refractivity contribution >= 4 is 43.2 Å². The Morgan fingerprint density at radius 2 is 2.05 bits per heavy atom. The van der Waals surface area contributed by atoms with Crippen LogP contribution in [0, 0.1) is 0 Å². The molecule has 1 aromatic carbocycles. The molecule has 108 valence electrons. The molecule has 0 atom stereocenters. The highest BCUT2D eigenvalue weighted by Crippen LogP contribution is 2.35. The van der Waals surface area contributed by atoms with Crippen molar-refractivity contribution in [3.05, 3.63) is 43.2 Å². The van der Waals surface area contributed by atoms with Crippen LogP contribution >= 0.6 is 43.2 Å². The van der Waals surface area contributed by atoms with Gasteiger partial charge in [0.25, 0.3) is 0 Å². The third-order valence-electron chi connectivity index (χ3n) is 2.66. The van der Waals surface area contributed by atoms with E-state index in [1.54, 1.807) is 11.3 Å². The van der Waals surface area contributed by atoms with Crippen LogP contribution in [-0.4, -0.2) is 11.5 Å². The Hall–Kier alpha value is -0.430. The number of halogens is 2. The molecule has 6 heteroatoms. The highest BCUT2D eigenvalue weighted by atomic mass is 79.9. The van der Waals surface area contributed by atoms with Crippen molar-refractivity contribution in [1.29, 1.82) is 0 Å². The maximum absolute atomic E-state index is 5.82. The standard InChI is InChI=1S/C14H16Br2N2OS/c1-2-3-17-6-10-4-12(15)14(13(16)5-10)19-7-11-8-20-9-18-11/h4-5,8-9,17H,2-3,6-7H2,1H3. The summed E-state index contributed by atoms with van der Waals surface area (Å²) < 4.78 is 7.73. The average Bonchev–Trinajstić information content (AvgIpc) is 2.91. The lowest BCUT2D eigenvalue weighted by atomic mass is 10.2. The van der Waals surface area contributed by atoms with Crippen molar-refractivity contribution in [2.45, 2.75) is 26.5 Å². The summed E-state index contributed by atoms with van der Waals surface area (Å²) in [4.78, 5) is 4.21. The van der Waals surface area contributed by atoms with Crippen molar-refractivity contribution in [2.75, 3.05) is 6.54 Å². The quantitative estimate of drug-likeness (QED) is 0.657. The van der Waals surface area contributed by atoms with Crippen LogP contribution in [0.1, 0.15) is 24.6 Å². The van der Waals surface area contributed by atoms with Gasteiger partial charge in [0.05, 0.1) is 20.1 Å². The van der Waals surface area contributed by atoms with Crippen molar-refractivity contribution in [3.63, 3.8) is 0 Å². The number of aromatic nitrogens is 1. The van der Waals surface area contributed by atoms with E-state index in [1.807, 2.05) is 10.9 Å². The van der Waals surface area contributed by atoms with Gasteiger partial charge in [0, 0.05) is 11.9 Å². The molecule has 1 N–H and O–H groups in total. The van der Waals surface area contributed by atoms with Gasteiger partial charge in [-0.1, -0.05) is 6.92 Å². The summed E-state index contributed by atoms with van der Waals surface area (Å²) in [6.45, 7) is 4.52. The fourth-order valence-electron chi connectivity index (χ4n) is 1.72. The van der Waals surface area contributed by atoms with E-state index in [9.17, 15) is 0 Å². The molecule has 0 saturated heterocycles. The number of ether oxygens (including phenoxy) is 1. The summed E-state index contributed by atoms with van der Waals surface area (Å²) in [7, 11) is 0. The Morgan fingerprint density at radius 3 is 2.65 bits per heavy atom. The molecular weight excluding hydrogens is 404 g/mol. The number of hydrogen-bond acceptors (Lipinski definition) is 4. The van der Waals surface area contributed by atoms with Gasteiger partial charge in [-0.2, -0.15) is 0 Å². The first-order chi connectivity index (χ1) is 9.70. The van der Waals surface area contributed by atoms with Gasteiger partial charge >= 0.3 is 0 Å². The SMILES string of the molecule is CCCNCc1cc(Br)c(OCc2cscn2)c(Br)c1. The molecule has 0 aliphatic carbocycles. The second-order valence-electron chi connectivity index (χ2n) is 4.33. The van der Waals surface area contributed by atoms with Gasteiger partial charge < -0.3 is 10.1 Å². The van der Waals surface area contributed by atoms with Gasteiger partial charge in [-0.05, 0) is 62.5 Å². The third kappa shape index (κ3) is 4.55. The molecule has 2 aromatic rings. The summed E-state index contributed by atoms with van der Waals surface area (Å²) in [5, 5.41) is 5.38. The first-order valence-electron chi connectivity index (χ1n) is 6.39. The Labute approximate surface area is 140 Å². The number of benzene rings is 1. The second-order valence-corrected chi connectivity index (χ2v) is 6.76. The lowest BCUT2D eigenvalue weighted by molar-refractivity contribution is 0.298. The molecule has 0 bridgehead atoms. The van der Waals surface area contributed by atoms with Crippen molar-refractivity contribution in [3.8, 4) is 5.75 Å². The van der Waals surface area contributed by atoms with Crippen LogP contribution in [-0.2, 0) is 13.2 Å². The zero-order chi connectivity index (χ0) is 14.4. The maximum atomic E-state index is 5.82. The molecule has 0 fully saturated rings. The molecule has 1 heterocycles. The molecule has 0 radical (unpaired) electrons. The second kappa shape index (κ2) is 8.12. The Kier molecular flexibility index (Phi) is 6.48. The summed E-state index contributed by atoms with van der Waals surface area (Å²) in [5.74, 6) is 0.817. The van der Waals surface area contributed by atoms with Gasteiger partial charge in [-0.25, -0.2) is 4.98 Å². The summed E-state index contributed by atoms with van der Waals surface area (Å²) in [5.41, 5.74) is 3.98. The minimum Gasteiger partial charge on any atom is -0.485 e. The maximum Gasteiger partial charge on any atom is 0.148 e. The fourth-order valence-corrected chi connectivity index (χ4v) is 3.77. The Morgan fingerprint density at radius 1 is 1.30 bits per heavy atom. The largest absolute Gasteiger partial charge is 0.485 e. The van der Waals surface area contributed by atoms with Crippen molar-refractivity contribution in [1.82, 2.24) is 10.3 Å². The van der Waals surface area contributed by atoms with E-state index in [1.165, 1.54) is 5.56 Å². The molecule has 20 heavy (non-hydrogen) atoms. The summed E-state index contributed by atoms with van der Waals surface area (Å²) >= 11 is 8.72. The normalized spacial score (nSPS) is 10.8. The van der Waals surface area contributed by atoms with Crippen LogP contribution in [0.2, 0.25) is 0 Å². The number of hydrogen-bond donors (Lipinski definition) is 1. The lowest BCUT2D eigenvalue weighted by Crippen LogP contribution is -2.13. The number of thiazole rings is 1. The minimum absolute atomic E-state index is 0.480. The highest BCUT2D eigenvalue weighted by molar-refractivity contribution is 9.11. The van der Waals surface area contributed by atoms with Gasteiger partial charge in [-0.15, -0.1) is 11.3 Å². The molecule has 2 rings (SSSR count). The van der Waals surface area contributed by atoms with Crippen LogP contribution in [0.5, 0.6) is 5.75 Å². The van der Waals surface area contributed by atoms with Crippen LogP contribution in [0.4, 0.5) is 0 Å². The van der Waals surface area contributed by atoms with Crippen LogP contribution < -0.4 is 10.1 Å². The Balaban J connectivity index is 2.02. The zero-order valence-corrected chi connectivity index (χ0v) is 15.1. The van der Waals surface area contributed by atoms with E-state index in [4.69, 9.17) is 4.74 Å². The molecule has 0 amide bonds. The molecule has 0 saturated carbocycles. The molecule has 0 unspecified atom stereocenters. The number of nitrogens with zero attached hydrogens (tertiary/aromatic N) is 1. The van der Waals surface area contributed by atoms with Crippen molar-refractivity contribution in [2.24, 2.45) is 0 Å².